The lowest BCUT2D eigenvalue weighted by Crippen LogP contribution is -2.25. The van der Waals surface area contributed by atoms with Gasteiger partial charge in [-0.05, 0) is 50.9 Å². The average Bonchev–Trinajstić information content (AvgIpc) is 3.18. The van der Waals surface area contributed by atoms with E-state index < -0.39 is 6.09 Å². The Balaban J connectivity index is 0.000000157. The van der Waals surface area contributed by atoms with Crippen molar-refractivity contribution in [3.05, 3.63) is 77.8 Å². The second kappa shape index (κ2) is 12.3. The number of aliphatic hydroxyl groups excluding tert-OH is 1. The number of nitrogens with zero attached hydrogens (tertiary/aromatic N) is 1. The number of aliphatic hydroxyl groups is 1. The predicted molar refractivity (Wildman–Crippen MR) is 131 cm³/mol. The summed E-state index contributed by atoms with van der Waals surface area (Å²) in [6.45, 7) is 4.20. The number of carbonyl (C=O) groups is 1. The summed E-state index contributed by atoms with van der Waals surface area (Å²) in [5.74, 6) is 0.815. The highest BCUT2D eigenvalue weighted by Gasteiger charge is 2.42. The van der Waals surface area contributed by atoms with Crippen LogP contribution in [-0.4, -0.2) is 47.5 Å². The zero-order chi connectivity index (χ0) is 24.4. The third-order valence-electron chi connectivity index (χ3n) is 5.95. The van der Waals surface area contributed by atoms with Crippen LogP contribution >= 0.6 is 0 Å². The molecule has 2 heterocycles. The molecule has 1 atom stereocenters. The molecule has 1 aliphatic heterocycles. The first-order valence-electron chi connectivity index (χ1n) is 11.5. The van der Waals surface area contributed by atoms with Gasteiger partial charge in [-0.3, -0.25) is 0 Å². The molecule has 34 heavy (non-hydrogen) atoms. The summed E-state index contributed by atoms with van der Waals surface area (Å²) >= 11 is 0. The molecule has 0 spiro atoms. The molecule has 1 aromatic heterocycles. The van der Waals surface area contributed by atoms with Crippen LogP contribution in [0.1, 0.15) is 36.0 Å². The van der Waals surface area contributed by atoms with Gasteiger partial charge in [0.2, 0.25) is 0 Å². The van der Waals surface area contributed by atoms with E-state index in [2.05, 4.69) is 52.1 Å². The van der Waals surface area contributed by atoms with Crippen LogP contribution in [0.25, 0.3) is 11.3 Å². The van der Waals surface area contributed by atoms with Crippen molar-refractivity contribution in [3.8, 4) is 11.3 Å². The van der Waals surface area contributed by atoms with Gasteiger partial charge in [0.1, 0.15) is 0 Å². The van der Waals surface area contributed by atoms with Crippen LogP contribution in [0.5, 0.6) is 0 Å². The van der Waals surface area contributed by atoms with Crippen molar-refractivity contribution >= 4 is 6.09 Å². The van der Waals surface area contributed by atoms with Gasteiger partial charge in [0, 0.05) is 24.2 Å². The van der Waals surface area contributed by atoms with Crippen molar-refractivity contribution in [2.24, 2.45) is 0 Å². The molecule has 2 fully saturated rings. The van der Waals surface area contributed by atoms with Gasteiger partial charge < -0.3 is 30.6 Å². The third kappa shape index (κ3) is 7.69. The zero-order valence-electron chi connectivity index (χ0n) is 19.8. The molecule has 1 saturated heterocycles. The van der Waals surface area contributed by atoms with Crippen LogP contribution < -0.4 is 16.0 Å². The summed E-state index contributed by atoms with van der Waals surface area (Å²) in [6.07, 6.45) is 5.34. The monoisotopic (exact) mass is 466 g/mol. The van der Waals surface area contributed by atoms with Crippen molar-refractivity contribution in [2.45, 2.75) is 44.4 Å². The van der Waals surface area contributed by atoms with Gasteiger partial charge in [-0.15, -0.1) is 0 Å². The molecule has 5 rings (SSSR count). The molecular formula is C26H34N4O4. The van der Waals surface area contributed by atoms with Gasteiger partial charge in [-0.25, -0.2) is 9.78 Å². The Kier molecular flexibility index (Phi) is 9.21. The van der Waals surface area contributed by atoms with Crippen molar-refractivity contribution in [1.29, 1.82) is 0 Å². The lowest BCUT2D eigenvalue weighted by atomic mass is 10.0. The number of carboxylic acid groups (broad SMARTS) is 1. The second-order valence-corrected chi connectivity index (χ2v) is 8.57. The van der Waals surface area contributed by atoms with Gasteiger partial charge >= 0.3 is 6.09 Å². The standard InChI is InChI=1S/C12H16N2O2.C10H9NO.C4H9NO/c1-13-12(5-6-12)10-4-2-3-9(7-10)8-14-11(15)16;1-8-2-4-9(5-3-8)10-6-11-7-12-10;6-4-1-2-5-3-4/h2-4,7,13-14H,5-6,8H2,1H3,(H,15,16);2-7H,1H3;4-6H,1-3H2. The van der Waals surface area contributed by atoms with Gasteiger partial charge in [0.15, 0.2) is 12.2 Å². The second-order valence-electron chi connectivity index (χ2n) is 8.57. The molecule has 1 unspecified atom stereocenters. The normalized spacial score (nSPS) is 17.6. The van der Waals surface area contributed by atoms with Crippen LogP contribution in [0.2, 0.25) is 0 Å². The molecule has 8 heteroatoms. The van der Waals surface area contributed by atoms with E-state index in [0.717, 1.165) is 49.2 Å². The number of hydrogen-bond acceptors (Lipinski definition) is 6. The minimum Gasteiger partial charge on any atom is -0.465 e. The lowest BCUT2D eigenvalue weighted by Gasteiger charge is -2.15. The first kappa shape index (κ1) is 25.4. The highest BCUT2D eigenvalue weighted by molar-refractivity contribution is 5.64. The fourth-order valence-corrected chi connectivity index (χ4v) is 3.68. The van der Waals surface area contributed by atoms with Crippen LogP contribution in [0.15, 0.2) is 65.5 Å². The summed E-state index contributed by atoms with van der Waals surface area (Å²) < 4.78 is 5.15. The molecule has 8 nitrogen and oxygen atoms in total. The quantitative estimate of drug-likeness (QED) is 0.389. The summed E-state index contributed by atoms with van der Waals surface area (Å²) in [5.41, 5.74) is 4.71. The molecule has 1 aliphatic carbocycles. The van der Waals surface area contributed by atoms with Crippen molar-refractivity contribution in [2.75, 3.05) is 20.1 Å². The molecule has 3 aromatic rings. The van der Waals surface area contributed by atoms with E-state index in [9.17, 15) is 4.79 Å². The van der Waals surface area contributed by atoms with E-state index in [4.69, 9.17) is 14.6 Å². The number of benzene rings is 2. The summed E-state index contributed by atoms with van der Waals surface area (Å²) in [4.78, 5) is 14.3. The zero-order valence-corrected chi connectivity index (χ0v) is 19.8. The van der Waals surface area contributed by atoms with E-state index in [1.807, 2.05) is 31.3 Å². The smallest absolute Gasteiger partial charge is 0.404 e. The molecule has 0 radical (unpaired) electrons. The number of amides is 1. The Hall–Kier alpha value is -3.20. The number of β-amino-alcohol motifs (C(OH)–C–C–N with tert-alkyl or cyclic N) is 1. The number of nitrogens with one attached hydrogen (secondary N) is 3. The molecule has 1 amide bonds. The summed E-state index contributed by atoms with van der Waals surface area (Å²) in [5, 5.41) is 25.9. The van der Waals surface area contributed by atoms with E-state index in [1.165, 1.54) is 17.5 Å². The first-order chi connectivity index (χ1) is 16.4. The Bertz CT molecular complexity index is 1010. The van der Waals surface area contributed by atoms with Gasteiger partial charge in [0.25, 0.3) is 0 Å². The molecule has 1 saturated carbocycles. The molecular weight excluding hydrogens is 432 g/mol. The van der Waals surface area contributed by atoms with Crippen LogP contribution in [0.3, 0.4) is 0 Å². The first-order valence-corrected chi connectivity index (χ1v) is 11.5. The number of aromatic nitrogens is 1. The number of hydrogen-bond donors (Lipinski definition) is 5. The van der Waals surface area contributed by atoms with Gasteiger partial charge in [-0.2, -0.15) is 0 Å². The molecule has 2 aliphatic rings. The highest BCUT2D eigenvalue weighted by atomic mass is 16.4. The molecule has 2 aromatic carbocycles. The minimum absolute atomic E-state index is 0.0648. The molecule has 182 valence electrons. The van der Waals surface area contributed by atoms with Crippen LogP contribution in [-0.2, 0) is 12.1 Å². The van der Waals surface area contributed by atoms with Crippen molar-refractivity contribution < 1.29 is 19.4 Å². The van der Waals surface area contributed by atoms with Crippen LogP contribution in [0.4, 0.5) is 4.79 Å². The predicted octanol–water partition coefficient (Wildman–Crippen LogP) is 3.65. The topological polar surface area (TPSA) is 120 Å². The number of aryl methyl sites for hydroxylation is 1. The van der Waals surface area contributed by atoms with E-state index >= 15 is 0 Å². The SMILES string of the molecule is CNC1(c2cccc(CNC(=O)O)c2)CC1.Cc1ccc(-c2cnco2)cc1.OC1CCNC1. The Morgan fingerprint density at radius 3 is 2.50 bits per heavy atom. The Morgan fingerprint density at radius 2 is 2.00 bits per heavy atom. The maximum atomic E-state index is 10.4. The van der Waals surface area contributed by atoms with E-state index in [1.54, 1.807) is 6.20 Å². The largest absolute Gasteiger partial charge is 0.465 e. The van der Waals surface area contributed by atoms with Crippen LogP contribution in [0, 0.1) is 6.92 Å². The van der Waals surface area contributed by atoms with Gasteiger partial charge in [0.05, 0.1) is 12.3 Å². The Labute approximate surface area is 200 Å². The number of rotatable bonds is 5. The van der Waals surface area contributed by atoms with E-state index in [0.29, 0.717) is 6.54 Å². The molecule has 5 N–H and O–H groups in total. The average molecular weight is 467 g/mol. The minimum atomic E-state index is -0.986. The molecule has 0 bridgehead atoms. The number of oxazole rings is 1. The lowest BCUT2D eigenvalue weighted by molar-refractivity contribution is 0.193. The summed E-state index contributed by atoms with van der Waals surface area (Å²) in [7, 11) is 1.97. The van der Waals surface area contributed by atoms with Gasteiger partial charge in [-0.1, -0.05) is 54.1 Å². The fourth-order valence-electron chi connectivity index (χ4n) is 3.68. The van der Waals surface area contributed by atoms with Crippen molar-refractivity contribution in [1.82, 2.24) is 20.9 Å². The maximum absolute atomic E-state index is 10.4. The van der Waals surface area contributed by atoms with Crippen molar-refractivity contribution in [3.63, 3.8) is 0 Å². The third-order valence-corrected chi connectivity index (χ3v) is 5.95. The van der Waals surface area contributed by atoms with E-state index in [-0.39, 0.29) is 11.6 Å². The maximum Gasteiger partial charge on any atom is 0.404 e. The highest BCUT2D eigenvalue weighted by Crippen LogP contribution is 2.45. The summed E-state index contributed by atoms with van der Waals surface area (Å²) in [6, 6.07) is 16.2. The Morgan fingerprint density at radius 1 is 1.24 bits per heavy atom. The fraction of sp³-hybridized carbons (Fsp3) is 0.385.